The van der Waals surface area contributed by atoms with E-state index in [2.05, 4.69) is 79.8 Å². The summed E-state index contributed by atoms with van der Waals surface area (Å²) in [7, 11) is 0. The Balaban J connectivity index is 2.09. The quantitative estimate of drug-likeness (QED) is 0.667. The van der Waals surface area contributed by atoms with E-state index in [-0.39, 0.29) is 0 Å². The molecular formula is C15H17Br2NS. The number of hydrogen-bond donors (Lipinski definition) is 1. The molecule has 1 aromatic carbocycles. The second-order valence-electron chi connectivity index (χ2n) is 4.43. The molecule has 0 aliphatic heterocycles. The number of rotatable bonds is 6. The van der Waals surface area contributed by atoms with Gasteiger partial charge in [0.2, 0.25) is 0 Å². The van der Waals surface area contributed by atoms with Crippen molar-refractivity contribution in [1.82, 2.24) is 5.32 Å². The highest BCUT2D eigenvalue weighted by Gasteiger charge is 2.12. The fourth-order valence-electron chi connectivity index (χ4n) is 2.15. The van der Waals surface area contributed by atoms with Crippen LogP contribution < -0.4 is 5.32 Å². The van der Waals surface area contributed by atoms with Gasteiger partial charge in [-0.25, -0.2) is 0 Å². The summed E-state index contributed by atoms with van der Waals surface area (Å²) in [5.74, 6) is 0. The fraction of sp³-hybridized carbons (Fsp3) is 0.333. The Hall–Kier alpha value is -0.160. The fourth-order valence-corrected chi connectivity index (χ4v) is 4.20. The Labute approximate surface area is 135 Å². The molecule has 1 unspecified atom stereocenters. The first-order valence-electron chi connectivity index (χ1n) is 6.40. The van der Waals surface area contributed by atoms with Crippen molar-refractivity contribution in [3.8, 4) is 0 Å². The van der Waals surface area contributed by atoms with Gasteiger partial charge in [-0.05, 0) is 54.6 Å². The van der Waals surface area contributed by atoms with Gasteiger partial charge in [-0.2, -0.15) is 0 Å². The first-order chi connectivity index (χ1) is 9.19. The van der Waals surface area contributed by atoms with Crippen molar-refractivity contribution >= 4 is 43.2 Å². The van der Waals surface area contributed by atoms with E-state index in [0.717, 1.165) is 28.3 Å². The minimum Gasteiger partial charge on any atom is -0.310 e. The zero-order chi connectivity index (χ0) is 13.7. The lowest BCUT2D eigenvalue weighted by atomic mass is 10.0. The minimum absolute atomic E-state index is 0.404. The van der Waals surface area contributed by atoms with Crippen molar-refractivity contribution < 1.29 is 0 Å². The predicted octanol–water partition coefficient (Wildman–Crippen LogP) is 5.56. The van der Waals surface area contributed by atoms with Gasteiger partial charge in [-0.1, -0.05) is 44.8 Å². The molecule has 1 atom stereocenters. The number of nitrogens with one attached hydrogen (secondary N) is 1. The van der Waals surface area contributed by atoms with E-state index < -0.39 is 0 Å². The van der Waals surface area contributed by atoms with Crippen LogP contribution >= 0.6 is 43.2 Å². The summed E-state index contributed by atoms with van der Waals surface area (Å²) >= 11 is 8.97. The number of benzene rings is 1. The van der Waals surface area contributed by atoms with Gasteiger partial charge in [0, 0.05) is 19.9 Å². The lowest BCUT2D eigenvalue weighted by molar-refractivity contribution is 0.516. The normalized spacial score (nSPS) is 12.6. The maximum absolute atomic E-state index is 3.58. The molecule has 0 amide bonds. The second kappa shape index (κ2) is 7.58. The van der Waals surface area contributed by atoms with Crippen LogP contribution in [0, 0.1) is 0 Å². The summed E-state index contributed by atoms with van der Waals surface area (Å²) in [6.45, 7) is 3.14. The van der Waals surface area contributed by atoms with Crippen LogP contribution in [-0.4, -0.2) is 6.54 Å². The molecule has 0 aliphatic rings. The van der Waals surface area contributed by atoms with Crippen molar-refractivity contribution in [3.63, 3.8) is 0 Å². The van der Waals surface area contributed by atoms with Crippen LogP contribution in [0.5, 0.6) is 0 Å². The molecule has 0 radical (unpaired) electrons. The summed E-state index contributed by atoms with van der Waals surface area (Å²) < 4.78 is 2.24. The largest absolute Gasteiger partial charge is 0.310 e. The van der Waals surface area contributed by atoms with Gasteiger partial charge in [0.15, 0.2) is 0 Å². The average molecular weight is 403 g/mol. The Morgan fingerprint density at radius 1 is 1.21 bits per heavy atom. The lowest BCUT2D eigenvalue weighted by Gasteiger charge is -2.19. The van der Waals surface area contributed by atoms with Crippen LogP contribution in [0.25, 0.3) is 0 Å². The van der Waals surface area contributed by atoms with Crippen LogP contribution in [0.2, 0.25) is 0 Å². The summed E-state index contributed by atoms with van der Waals surface area (Å²) in [5.41, 5.74) is 1.33. The predicted molar refractivity (Wildman–Crippen MR) is 90.9 cm³/mol. The van der Waals surface area contributed by atoms with Gasteiger partial charge >= 0.3 is 0 Å². The van der Waals surface area contributed by atoms with Gasteiger partial charge in [-0.3, -0.25) is 0 Å². The second-order valence-corrected chi connectivity index (χ2v) is 7.29. The highest BCUT2D eigenvalue weighted by Crippen LogP contribution is 2.27. The molecule has 4 heteroatoms. The van der Waals surface area contributed by atoms with E-state index >= 15 is 0 Å². The molecule has 2 aromatic rings. The van der Waals surface area contributed by atoms with Crippen LogP contribution in [-0.2, 0) is 6.42 Å². The van der Waals surface area contributed by atoms with E-state index in [9.17, 15) is 0 Å². The molecule has 1 heterocycles. The number of aryl methyl sites for hydroxylation is 1. The molecule has 0 aliphatic carbocycles. The van der Waals surface area contributed by atoms with Crippen LogP contribution in [0.15, 0.2) is 44.7 Å². The summed E-state index contributed by atoms with van der Waals surface area (Å²) in [4.78, 5) is 1.46. The van der Waals surface area contributed by atoms with E-state index in [1.54, 1.807) is 0 Å². The third-order valence-electron chi connectivity index (χ3n) is 3.00. The van der Waals surface area contributed by atoms with E-state index in [1.165, 1.54) is 10.4 Å². The highest BCUT2D eigenvalue weighted by atomic mass is 79.9. The highest BCUT2D eigenvalue weighted by molar-refractivity contribution is 9.11. The third-order valence-corrected chi connectivity index (χ3v) is 4.85. The van der Waals surface area contributed by atoms with E-state index in [4.69, 9.17) is 0 Å². The maximum Gasteiger partial charge on any atom is 0.0324 e. The Kier molecular flexibility index (Phi) is 6.07. The topological polar surface area (TPSA) is 12.0 Å². The first-order valence-corrected chi connectivity index (χ1v) is 8.87. The minimum atomic E-state index is 0.404. The van der Waals surface area contributed by atoms with Gasteiger partial charge < -0.3 is 5.32 Å². The standard InChI is InChI=1S/C15H17Br2NS/c1-2-18-15(6-5-14-4-3-7-19-14)11-8-12(16)10-13(17)9-11/h3-4,7-10,15,18H,2,5-6H2,1H3. The number of thiophene rings is 1. The summed E-state index contributed by atoms with van der Waals surface area (Å²) in [6, 6.07) is 11.2. The zero-order valence-electron chi connectivity index (χ0n) is 10.8. The zero-order valence-corrected chi connectivity index (χ0v) is 14.8. The number of halogens is 2. The molecule has 102 valence electrons. The van der Waals surface area contributed by atoms with Gasteiger partial charge in [0.05, 0.1) is 0 Å². The molecule has 0 bridgehead atoms. The van der Waals surface area contributed by atoms with Gasteiger partial charge in [0.25, 0.3) is 0 Å². The third kappa shape index (κ3) is 4.71. The molecule has 1 nitrogen and oxygen atoms in total. The lowest BCUT2D eigenvalue weighted by Crippen LogP contribution is -2.21. The van der Waals surface area contributed by atoms with Gasteiger partial charge in [0.1, 0.15) is 0 Å². The Morgan fingerprint density at radius 3 is 2.53 bits per heavy atom. The first kappa shape index (κ1) is 15.2. The van der Waals surface area contributed by atoms with Crippen molar-refractivity contribution in [1.29, 1.82) is 0 Å². The molecule has 2 rings (SSSR count). The monoisotopic (exact) mass is 401 g/mol. The van der Waals surface area contributed by atoms with Crippen LogP contribution in [0.3, 0.4) is 0 Å². The maximum atomic E-state index is 3.58. The summed E-state index contributed by atoms with van der Waals surface area (Å²) in [6.07, 6.45) is 2.25. The molecule has 1 aromatic heterocycles. The molecule has 0 spiro atoms. The average Bonchev–Trinajstić information content (AvgIpc) is 2.86. The van der Waals surface area contributed by atoms with Crippen molar-refractivity contribution in [2.45, 2.75) is 25.8 Å². The Bertz CT molecular complexity index is 491. The molecule has 19 heavy (non-hydrogen) atoms. The Morgan fingerprint density at radius 2 is 1.95 bits per heavy atom. The van der Waals surface area contributed by atoms with Crippen molar-refractivity contribution in [2.24, 2.45) is 0 Å². The SMILES string of the molecule is CCNC(CCc1cccs1)c1cc(Br)cc(Br)c1. The van der Waals surface area contributed by atoms with Crippen molar-refractivity contribution in [3.05, 3.63) is 55.1 Å². The van der Waals surface area contributed by atoms with E-state index in [1.807, 2.05) is 11.3 Å². The van der Waals surface area contributed by atoms with Crippen molar-refractivity contribution in [2.75, 3.05) is 6.54 Å². The molecule has 0 saturated heterocycles. The van der Waals surface area contributed by atoms with Crippen LogP contribution in [0.1, 0.15) is 29.8 Å². The molecule has 0 fully saturated rings. The number of hydrogen-bond acceptors (Lipinski definition) is 2. The molecular weight excluding hydrogens is 386 g/mol. The van der Waals surface area contributed by atoms with E-state index in [0.29, 0.717) is 6.04 Å². The molecule has 0 saturated carbocycles. The van der Waals surface area contributed by atoms with Crippen LogP contribution in [0.4, 0.5) is 0 Å². The summed E-state index contributed by atoms with van der Waals surface area (Å²) in [5, 5.41) is 5.72. The smallest absolute Gasteiger partial charge is 0.0324 e. The molecule has 1 N–H and O–H groups in total. The van der Waals surface area contributed by atoms with Gasteiger partial charge in [-0.15, -0.1) is 11.3 Å².